The molecule has 0 bridgehead atoms. The summed E-state index contributed by atoms with van der Waals surface area (Å²) in [5, 5.41) is 2.69. The maximum Gasteiger partial charge on any atom is 0.261 e. The Kier molecular flexibility index (Phi) is 6.06. The van der Waals surface area contributed by atoms with Gasteiger partial charge in [0.1, 0.15) is 11.5 Å². The number of methoxy groups -OCH3 is 1. The minimum atomic E-state index is -0.625. The average Bonchev–Trinajstić information content (AvgIpc) is 2.44. The molecule has 0 saturated carbocycles. The molecule has 1 rings (SSSR count). The zero-order valence-electron chi connectivity index (χ0n) is 12.2. The average molecular weight is 278 g/mol. The molecule has 1 unspecified atom stereocenters. The third kappa shape index (κ3) is 4.28. The minimum absolute atomic E-state index is 0.195. The van der Waals surface area contributed by atoms with E-state index in [9.17, 15) is 4.79 Å². The highest BCUT2D eigenvalue weighted by atomic mass is 16.5. The van der Waals surface area contributed by atoms with Gasteiger partial charge in [0, 0.05) is 24.2 Å². The third-order valence-electron chi connectivity index (χ3n) is 2.80. The van der Waals surface area contributed by atoms with E-state index in [0.717, 1.165) is 5.56 Å². The highest BCUT2D eigenvalue weighted by Gasteiger charge is 2.17. The maximum atomic E-state index is 11.8. The number of nitrogens with two attached hydrogens (primary N) is 1. The minimum Gasteiger partial charge on any atom is -0.497 e. The Bertz CT molecular complexity index is 472. The number of carbonyl (C=O) groups excluding carboxylic acids is 1. The summed E-state index contributed by atoms with van der Waals surface area (Å²) >= 11 is 0. The number of benzene rings is 1. The molecular formula is C15H22N2O3. The predicted octanol–water partition coefficient (Wildman–Crippen LogP) is 1.78. The van der Waals surface area contributed by atoms with E-state index in [-0.39, 0.29) is 11.9 Å². The molecule has 0 heterocycles. The largest absolute Gasteiger partial charge is 0.497 e. The number of carbonyl (C=O) groups is 1. The van der Waals surface area contributed by atoms with Crippen LogP contribution in [-0.4, -0.2) is 25.7 Å². The molecule has 1 aromatic rings. The van der Waals surface area contributed by atoms with Gasteiger partial charge in [0.05, 0.1) is 7.11 Å². The van der Waals surface area contributed by atoms with Gasteiger partial charge in [-0.25, -0.2) is 0 Å². The molecule has 0 aliphatic carbocycles. The van der Waals surface area contributed by atoms with Crippen molar-refractivity contribution < 1.29 is 14.3 Å². The smallest absolute Gasteiger partial charge is 0.261 e. The zero-order valence-corrected chi connectivity index (χ0v) is 12.2. The monoisotopic (exact) mass is 278 g/mol. The van der Waals surface area contributed by atoms with Gasteiger partial charge in [-0.1, -0.05) is 12.1 Å². The van der Waals surface area contributed by atoms with Crippen molar-refractivity contribution in [3.8, 4) is 11.5 Å². The standard InChI is InChI=1S/C15H22N2O3/c1-5-8-17-15(18)11(3)20-14-9-12(19-4)6-7-13(14)10(2)16/h5-7,9-11H,1,8,16H2,2-4H3,(H,17,18)/t10-,11?/m0/s1. The molecule has 5 heteroatoms. The highest BCUT2D eigenvalue weighted by Crippen LogP contribution is 2.29. The predicted molar refractivity (Wildman–Crippen MR) is 78.9 cm³/mol. The molecular weight excluding hydrogens is 256 g/mol. The van der Waals surface area contributed by atoms with Crippen molar-refractivity contribution in [2.75, 3.05) is 13.7 Å². The van der Waals surface area contributed by atoms with E-state index in [1.807, 2.05) is 19.1 Å². The molecule has 0 aliphatic rings. The first kappa shape index (κ1) is 16.0. The van der Waals surface area contributed by atoms with Crippen LogP contribution in [0.5, 0.6) is 11.5 Å². The molecule has 0 saturated heterocycles. The van der Waals surface area contributed by atoms with Crippen molar-refractivity contribution >= 4 is 5.91 Å². The molecule has 2 atom stereocenters. The Balaban J connectivity index is 2.88. The summed E-state index contributed by atoms with van der Waals surface area (Å²) in [6.07, 6.45) is 0.989. The second-order valence-electron chi connectivity index (χ2n) is 4.49. The Hall–Kier alpha value is -2.01. The van der Waals surface area contributed by atoms with Crippen molar-refractivity contribution in [2.24, 2.45) is 5.73 Å². The van der Waals surface area contributed by atoms with Crippen LogP contribution < -0.4 is 20.5 Å². The Labute approximate surface area is 119 Å². The molecule has 0 aromatic heterocycles. The summed E-state index contributed by atoms with van der Waals surface area (Å²) in [7, 11) is 1.57. The maximum absolute atomic E-state index is 11.8. The number of hydrogen-bond donors (Lipinski definition) is 2. The number of hydrogen-bond acceptors (Lipinski definition) is 4. The number of rotatable bonds is 7. The number of amides is 1. The van der Waals surface area contributed by atoms with Crippen LogP contribution >= 0.6 is 0 Å². The van der Waals surface area contributed by atoms with Crippen LogP contribution in [-0.2, 0) is 4.79 Å². The van der Waals surface area contributed by atoms with Crippen LogP contribution in [0.1, 0.15) is 25.5 Å². The van der Waals surface area contributed by atoms with Gasteiger partial charge in [-0.2, -0.15) is 0 Å². The molecule has 0 spiro atoms. The lowest BCUT2D eigenvalue weighted by Gasteiger charge is -2.19. The zero-order chi connectivity index (χ0) is 15.1. The molecule has 20 heavy (non-hydrogen) atoms. The molecule has 0 aliphatic heterocycles. The lowest BCUT2D eigenvalue weighted by Crippen LogP contribution is -2.36. The van der Waals surface area contributed by atoms with E-state index >= 15 is 0 Å². The van der Waals surface area contributed by atoms with Crippen molar-refractivity contribution in [1.29, 1.82) is 0 Å². The van der Waals surface area contributed by atoms with E-state index in [2.05, 4.69) is 11.9 Å². The van der Waals surface area contributed by atoms with Crippen LogP contribution in [0.4, 0.5) is 0 Å². The van der Waals surface area contributed by atoms with Gasteiger partial charge in [-0.05, 0) is 19.9 Å². The van der Waals surface area contributed by atoms with Crippen LogP contribution in [0.25, 0.3) is 0 Å². The highest BCUT2D eigenvalue weighted by molar-refractivity contribution is 5.80. The molecule has 0 fully saturated rings. The van der Waals surface area contributed by atoms with Gasteiger partial charge in [-0.3, -0.25) is 4.79 Å². The SMILES string of the molecule is C=CCNC(=O)C(C)Oc1cc(OC)ccc1[C@H](C)N. The molecule has 5 nitrogen and oxygen atoms in total. The lowest BCUT2D eigenvalue weighted by molar-refractivity contribution is -0.127. The van der Waals surface area contributed by atoms with Crippen molar-refractivity contribution in [3.05, 3.63) is 36.4 Å². The Morgan fingerprint density at radius 3 is 2.75 bits per heavy atom. The number of nitrogens with one attached hydrogen (secondary N) is 1. The topological polar surface area (TPSA) is 73.6 Å². The normalized spacial score (nSPS) is 13.2. The van der Waals surface area contributed by atoms with Crippen molar-refractivity contribution in [2.45, 2.75) is 26.0 Å². The van der Waals surface area contributed by atoms with E-state index < -0.39 is 6.10 Å². The quantitative estimate of drug-likeness (QED) is 0.746. The summed E-state index contributed by atoms with van der Waals surface area (Å²) < 4.78 is 10.9. The van der Waals surface area contributed by atoms with Gasteiger partial charge < -0.3 is 20.5 Å². The van der Waals surface area contributed by atoms with Gasteiger partial charge in [0.15, 0.2) is 6.10 Å². The molecule has 0 radical (unpaired) electrons. The van der Waals surface area contributed by atoms with Gasteiger partial charge >= 0.3 is 0 Å². The first-order valence-electron chi connectivity index (χ1n) is 6.48. The lowest BCUT2D eigenvalue weighted by atomic mass is 10.1. The van der Waals surface area contributed by atoms with Crippen LogP contribution in [0.15, 0.2) is 30.9 Å². The first-order valence-corrected chi connectivity index (χ1v) is 6.48. The fourth-order valence-corrected chi connectivity index (χ4v) is 1.68. The molecule has 3 N–H and O–H groups in total. The van der Waals surface area contributed by atoms with E-state index in [4.69, 9.17) is 15.2 Å². The summed E-state index contributed by atoms with van der Waals surface area (Å²) in [4.78, 5) is 11.8. The fourth-order valence-electron chi connectivity index (χ4n) is 1.68. The van der Waals surface area contributed by atoms with Gasteiger partial charge in [-0.15, -0.1) is 6.58 Å². The molecule has 110 valence electrons. The van der Waals surface area contributed by atoms with Crippen molar-refractivity contribution in [1.82, 2.24) is 5.32 Å². The van der Waals surface area contributed by atoms with Gasteiger partial charge in [0.2, 0.25) is 0 Å². The van der Waals surface area contributed by atoms with Gasteiger partial charge in [0.25, 0.3) is 5.91 Å². The summed E-state index contributed by atoms with van der Waals surface area (Å²) in [5.74, 6) is 1.01. The van der Waals surface area contributed by atoms with Crippen LogP contribution in [0.2, 0.25) is 0 Å². The second kappa shape index (κ2) is 7.55. The summed E-state index contributed by atoms with van der Waals surface area (Å²) in [5.41, 5.74) is 6.73. The number of ether oxygens (including phenoxy) is 2. The molecule has 1 aromatic carbocycles. The summed E-state index contributed by atoms with van der Waals surface area (Å²) in [6.45, 7) is 7.50. The molecule has 1 amide bonds. The fraction of sp³-hybridized carbons (Fsp3) is 0.400. The van der Waals surface area contributed by atoms with E-state index in [1.54, 1.807) is 26.2 Å². The first-order chi connectivity index (χ1) is 9.49. The summed E-state index contributed by atoms with van der Waals surface area (Å²) in [6, 6.07) is 5.19. The van der Waals surface area contributed by atoms with Crippen LogP contribution in [0.3, 0.4) is 0 Å². The van der Waals surface area contributed by atoms with E-state index in [0.29, 0.717) is 18.0 Å². The Morgan fingerprint density at radius 1 is 1.50 bits per heavy atom. The second-order valence-corrected chi connectivity index (χ2v) is 4.49. The van der Waals surface area contributed by atoms with E-state index in [1.165, 1.54) is 0 Å². The van der Waals surface area contributed by atoms with Crippen molar-refractivity contribution in [3.63, 3.8) is 0 Å². The Morgan fingerprint density at radius 2 is 2.20 bits per heavy atom. The third-order valence-corrected chi connectivity index (χ3v) is 2.80. The van der Waals surface area contributed by atoms with Crippen LogP contribution in [0, 0.1) is 0 Å².